The van der Waals surface area contributed by atoms with Crippen LogP contribution in [0.1, 0.15) is 81.5 Å². The molecule has 1 fully saturated rings. The third kappa shape index (κ3) is 7.42. The van der Waals surface area contributed by atoms with E-state index in [-0.39, 0.29) is 61.4 Å². The fourth-order valence-electron chi connectivity index (χ4n) is 6.97. The lowest BCUT2D eigenvalue weighted by Crippen LogP contribution is -2.36. The molecule has 3 aliphatic heterocycles. The number of hydrogen-bond acceptors (Lipinski definition) is 8. The normalized spacial score (nSPS) is 26.3. The van der Waals surface area contributed by atoms with E-state index in [4.69, 9.17) is 0 Å². The molecule has 0 saturated carbocycles. The summed E-state index contributed by atoms with van der Waals surface area (Å²) in [7, 11) is 0. The number of nitrogens with one attached hydrogen (secondary N) is 4. The van der Waals surface area contributed by atoms with Crippen LogP contribution in [0.25, 0.3) is 6.08 Å². The van der Waals surface area contributed by atoms with Crippen LogP contribution in [-0.2, 0) is 25.6 Å². The van der Waals surface area contributed by atoms with Gasteiger partial charge >= 0.3 is 11.9 Å². The molecule has 6 atom stereocenters. The summed E-state index contributed by atoms with van der Waals surface area (Å²) in [6, 6.07) is -0.966. The maximum absolute atomic E-state index is 12.6. The number of aliphatic hydroxyl groups is 1. The maximum atomic E-state index is 12.6. The second kappa shape index (κ2) is 15.0. The van der Waals surface area contributed by atoms with Crippen LogP contribution < -0.4 is 16.0 Å². The molecule has 0 bridgehead atoms. The lowest BCUT2D eigenvalue weighted by atomic mass is 9.85. The molecular weight excluding hydrogens is 629 g/mol. The van der Waals surface area contributed by atoms with Gasteiger partial charge in [0.05, 0.1) is 12.1 Å². The van der Waals surface area contributed by atoms with Crippen LogP contribution in [0.2, 0.25) is 0 Å². The first-order chi connectivity index (χ1) is 21.8. The minimum Gasteiger partial charge on any atom is -0.481 e. The molecule has 3 aliphatic rings. The van der Waals surface area contributed by atoms with Crippen molar-refractivity contribution >= 4 is 55.1 Å². The van der Waals surface area contributed by atoms with Crippen molar-refractivity contribution in [2.45, 2.75) is 90.4 Å². The van der Waals surface area contributed by atoms with Crippen molar-refractivity contribution in [1.82, 2.24) is 20.9 Å². The Morgan fingerprint density at radius 1 is 0.978 bits per heavy atom. The summed E-state index contributed by atoms with van der Waals surface area (Å²) in [5.41, 5.74) is 6.48. The van der Waals surface area contributed by atoms with Gasteiger partial charge in [-0.2, -0.15) is 25.3 Å². The number of carbonyl (C=O) groups is 4. The Labute approximate surface area is 279 Å². The molecule has 0 radical (unpaired) electrons. The largest absolute Gasteiger partial charge is 0.481 e. The fourth-order valence-corrected chi connectivity index (χ4v) is 7.42. The molecule has 1 aromatic rings. The van der Waals surface area contributed by atoms with Gasteiger partial charge in [0.2, 0.25) is 5.91 Å². The van der Waals surface area contributed by atoms with Gasteiger partial charge < -0.3 is 36.3 Å². The molecule has 4 rings (SSSR count). The van der Waals surface area contributed by atoms with Gasteiger partial charge in [0.25, 0.3) is 5.91 Å². The van der Waals surface area contributed by atoms with Gasteiger partial charge in [-0.05, 0) is 104 Å². The third-order valence-corrected chi connectivity index (χ3v) is 10.1. The first kappa shape index (κ1) is 35.4. The predicted molar refractivity (Wildman–Crippen MR) is 181 cm³/mol. The van der Waals surface area contributed by atoms with Crippen LogP contribution in [0, 0.1) is 18.8 Å². The molecule has 4 heterocycles. The van der Waals surface area contributed by atoms with E-state index in [9.17, 15) is 34.5 Å². The van der Waals surface area contributed by atoms with Gasteiger partial charge in [0.15, 0.2) is 0 Å². The summed E-state index contributed by atoms with van der Waals surface area (Å²) in [5, 5.41) is 41.6. The number of aliphatic carboxylic acids is 2. The SMILES string of the molecule is CC1=C(CCC(=O)O)/C(=C\c2[nH]c([C@H](O)C3NC(=O)[C@H](C)[C@H]3CCS)c(C)c2CCC(=O)O)NC1C[C@H]1NC(=O)C(/C=C\S)=C1C. The number of rotatable bonds is 14. The Hall–Kier alpha value is -3.42. The highest BCUT2D eigenvalue weighted by Crippen LogP contribution is 2.38. The van der Waals surface area contributed by atoms with Crippen molar-refractivity contribution in [2.24, 2.45) is 11.8 Å². The number of aromatic nitrogens is 1. The topological polar surface area (TPSA) is 181 Å². The van der Waals surface area contributed by atoms with E-state index in [0.717, 1.165) is 22.3 Å². The van der Waals surface area contributed by atoms with E-state index in [1.165, 1.54) is 5.41 Å². The Kier molecular flexibility index (Phi) is 11.5. The highest BCUT2D eigenvalue weighted by atomic mass is 32.1. The van der Waals surface area contributed by atoms with Crippen molar-refractivity contribution in [3.63, 3.8) is 0 Å². The summed E-state index contributed by atoms with van der Waals surface area (Å²) < 4.78 is 0. The molecule has 2 amide bonds. The molecule has 13 heteroatoms. The molecule has 0 aromatic carbocycles. The molecule has 0 spiro atoms. The monoisotopic (exact) mass is 672 g/mol. The van der Waals surface area contributed by atoms with Crippen molar-refractivity contribution in [3.05, 3.63) is 62.0 Å². The van der Waals surface area contributed by atoms with Gasteiger partial charge in [-0.3, -0.25) is 19.2 Å². The highest BCUT2D eigenvalue weighted by Gasteiger charge is 2.44. The van der Waals surface area contributed by atoms with Crippen LogP contribution in [0.5, 0.6) is 0 Å². The van der Waals surface area contributed by atoms with Gasteiger partial charge in [-0.1, -0.05) is 6.92 Å². The van der Waals surface area contributed by atoms with Crippen molar-refractivity contribution in [2.75, 3.05) is 5.75 Å². The standard InChI is InChI=1S/C33H44N4O7S2/c1-15-19(5-7-27(38)39)25(34-23(15)13-24-16(2)22(10-12-46)33(44)36-24)14-26-20(6-8-28(40)41)17(3)29(35-26)31(42)30-21(9-11-45)18(4)32(43)37-30/h10,12,14,18,21,23-24,30-31,34-35,42,45-46H,5-9,11,13H2,1-4H3,(H,36,44)(H,37,43)(H,38,39)(H,40,41)/b12-10-,25-14+/t18-,21-,23?,24-,30?,31+/m1/s1. The molecule has 250 valence electrons. The van der Waals surface area contributed by atoms with Crippen LogP contribution in [0.3, 0.4) is 0 Å². The molecule has 2 unspecified atom stereocenters. The number of hydrogen-bond donors (Lipinski definition) is 9. The quantitative estimate of drug-likeness (QED) is 0.135. The molecule has 1 saturated heterocycles. The number of carboxylic acid groups (broad SMARTS) is 2. The first-order valence-corrected chi connectivity index (χ1v) is 16.7. The number of allylic oxidation sites excluding steroid dienone is 1. The number of carbonyl (C=O) groups excluding carboxylic acids is 2. The van der Waals surface area contributed by atoms with E-state index in [1.54, 1.807) is 6.08 Å². The average Bonchev–Trinajstić information content (AvgIpc) is 3.65. The number of aromatic amines is 1. The Balaban J connectivity index is 1.72. The Morgan fingerprint density at radius 2 is 1.63 bits per heavy atom. The van der Waals surface area contributed by atoms with Crippen LogP contribution in [0.4, 0.5) is 0 Å². The van der Waals surface area contributed by atoms with Crippen molar-refractivity contribution in [3.8, 4) is 0 Å². The minimum absolute atomic E-state index is 0.0833. The molecule has 46 heavy (non-hydrogen) atoms. The summed E-state index contributed by atoms with van der Waals surface area (Å²) in [4.78, 5) is 51.6. The van der Waals surface area contributed by atoms with Gasteiger partial charge in [0, 0.05) is 47.5 Å². The van der Waals surface area contributed by atoms with Crippen molar-refractivity contribution < 1.29 is 34.5 Å². The van der Waals surface area contributed by atoms with Gasteiger partial charge in [-0.15, -0.1) is 0 Å². The number of H-pyrrole nitrogens is 1. The zero-order chi connectivity index (χ0) is 33.9. The lowest BCUT2D eigenvalue weighted by molar-refractivity contribution is -0.138. The number of amides is 2. The van der Waals surface area contributed by atoms with E-state index >= 15 is 0 Å². The van der Waals surface area contributed by atoms with Gasteiger partial charge in [-0.25, -0.2) is 0 Å². The van der Waals surface area contributed by atoms with E-state index < -0.39 is 24.1 Å². The summed E-state index contributed by atoms with van der Waals surface area (Å²) in [6.07, 6.45) is 3.89. The first-order valence-electron chi connectivity index (χ1n) is 15.5. The molecule has 11 nitrogen and oxygen atoms in total. The molecular formula is C33H44N4O7S2. The summed E-state index contributed by atoms with van der Waals surface area (Å²) >= 11 is 8.47. The number of aliphatic hydroxyl groups excluding tert-OH is 1. The van der Waals surface area contributed by atoms with E-state index in [1.807, 2.05) is 33.8 Å². The Bertz CT molecular complexity index is 1530. The smallest absolute Gasteiger partial charge is 0.303 e. The summed E-state index contributed by atoms with van der Waals surface area (Å²) in [5.74, 6) is -2.05. The van der Waals surface area contributed by atoms with Crippen LogP contribution in [-0.4, -0.2) is 67.9 Å². The number of carboxylic acids is 2. The third-order valence-electron chi connectivity index (χ3n) is 9.71. The number of thiol groups is 2. The minimum atomic E-state index is -1.07. The van der Waals surface area contributed by atoms with Crippen molar-refractivity contribution in [1.29, 1.82) is 0 Å². The van der Waals surface area contributed by atoms with Gasteiger partial charge in [0.1, 0.15) is 6.10 Å². The molecule has 0 aliphatic carbocycles. The van der Waals surface area contributed by atoms with E-state index in [0.29, 0.717) is 46.8 Å². The Morgan fingerprint density at radius 3 is 2.26 bits per heavy atom. The zero-order valence-corrected chi connectivity index (χ0v) is 28.3. The molecule has 7 N–H and O–H groups in total. The molecule has 1 aromatic heterocycles. The van der Waals surface area contributed by atoms with Crippen LogP contribution in [0.15, 0.2) is 39.5 Å². The lowest BCUT2D eigenvalue weighted by Gasteiger charge is -2.25. The summed E-state index contributed by atoms with van der Waals surface area (Å²) in [6.45, 7) is 7.52. The second-order valence-electron chi connectivity index (χ2n) is 12.4. The fraction of sp³-hybridized carbons (Fsp3) is 0.515. The predicted octanol–water partition coefficient (Wildman–Crippen LogP) is 3.59. The maximum Gasteiger partial charge on any atom is 0.303 e. The van der Waals surface area contributed by atoms with Crippen LogP contribution >= 0.6 is 25.3 Å². The average molecular weight is 673 g/mol. The highest BCUT2D eigenvalue weighted by molar-refractivity contribution is 7.83. The second-order valence-corrected chi connectivity index (χ2v) is 13.1. The van der Waals surface area contributed by atoms with E-state index in [2.05, 4.69) is 46.2 Å². The zero-order valence-electron chi connectivity index (χ0n) is 26.5.